The van der Waals surface area contributed by atoms with Gasteiger partial charge in [0.25, 0.3) is 6.43 Å². The summed E-state index contributed by atoms with van der Waals surface area (Å²) in [6.45, 7) is 4.59. The third-order valence-corrected chi connectivity index (χ3v) is 2.87. The van der Waals surface area contributed by atoms with Gasteiger partial charge in [0.1, 0.15) is 0 Å². The van der Waals surface area contributed by atoms with Crippen molar-refractivity contribution in [3.8, 4) is 0 Å². The number of nitrogens with zero attached hydrogens (tertiary/aromatic N) is 1. The average molecular weight is 222 g/mol. The Morgan fingerprint density at radius 3 is 2.73 bits per heavy atom. The van der Waals surface area contributed by atoms with Crippen molar-refractivity contribution in [2.45, 2.75) is 19.8 Å². The number of aliphatic hydroxyl groups is 1. The molecule has 0 aromatic heterocycles. The highest BCUT2D eigenvalue weighted by molar-refractivity contribution is 4.86. The molecule has 0 aromatic rings. The number of hydrogen-bond acceptors (Lipinski definition) is 3. The van der Waals surface area contributed by atoms with E-state index in [4.69, 9.17) is 5.11 Å². The van der Waals surface area contributed by atoms with E-state index in [2.05, 4.69) is 12.2 Å². The van der Waals surface area contributed by atoms with Crippen molar-refractivity contribution in [2.75, 3.05) is 39.3 Å². The topological polar surface area (TPSA) is 35.5 Å². The van der Waals surface area contributed by atoms with Crippen LogP contribution in [-0.2, 0) is 0 Å². The first-order valence-corrected chi connectivity index (χ1v) is 5.38. The Balaban J connectivity index is 2.41. The highest BCUT2D eigenvalue weighted by atomic mass is 19.3. The zero-order chi connectivity index (χ0) is 11.3. The summed E-state index contributed by atoms with van der Waals surface area (Å²) < 4.78 is 24.5. The molecule has 2 N–H and O–H groups in total. The van der Waals surface area contributed by atoms with Gasteiger partial charge < -0.3 is 10.4 Å². The Bertz CT molecular complexity index is 184. The molecule has 5 heteroatoms. The molecule has 0 saturated carbocycles. The maximum atomic E-state index is 12.3. The van der Waals surface area contributed by atoms with Crippen molar-refractivity contribution >= 4 is 0 Å². The smallest absolute Gasteiger partial charge is 0.251 e. The lowest BCUT2D eigenvalue weighted by atomic mass is 9.89. The lowest BCUT2D eigenvalue weighted by Crippen LogP contribution is -2.41. The average Bonchev–Trinajstić information content (AvgIpc) is 2.51. The molecule has 1 rings (SSSR count). The van der Waals surface area contributed by atoms with E-state index < -0.39 is 6.43 Å². The molecular formula is C10H20F2N2O. The van der Waals surface area contributed by atoms with Gasteiger partial charge in [0.15, 0.2) is 0 Å². The van der Waals surface area contributed by atoms with Crippen molar-refractivity contribution in [1.82, 2.24) is 10.2 Å². The zero-order valence-electron chi connectivity index (χ0n) is 9.18. The molecule has 1 fully saturated rings. The molecule has 1 atom stereocenters. The lowest BCUT2D eigenvalue weighted by Gasteiger charge is -2.31. The van der Waals surface area contributed by atoms with Crippen LogP contribution in [0.5, 0.6) is 0 Å². The fourth-order valence-electron chi connectivity index (χ4n) is 2.12. The molecule has 0 spiro atoms. The zero-order valence-corrected chi connectivity index (χ0v) is 9.18. The minimum absolute atomic E-state index is 0.0593. The molecule has 0 radical (unpaired) electrons. The fourth-order valence-corrected chi connectivity index (χ4v) is 2.12. The second-order valence-corrected chi connectivity index (χ2v) is 4.59. The van der Waals surface area contributed by atoms with Crippen LogP contribution in [0.2, 0.25) is 0 Å². The number of rotatable bonds is 6. The van der Waals surface area contributed by atoms with Gasteiger partial charge in [-0.1, -0.05) is 6.92 Å². The molecule has 1 heterocycles. The van der Waals surface area contributed by atoms with Crippen molar-refractivity contribution < 1.29 is 13.9 Å². The summed E-state index contributed by atoms with van der Waals surface area (Å²) >= 11 is 0. The molecule has 15 heavy (non-hydrogen) atoms. The quantitative estimate of drug-likeness (QED) is 0.689. The van der Waals surface area contributed by atoms with E-state index in [1.807, 2.05) is 0 Å². The second kappa shape index (κ2) is 5.72. The van der Waals surface area contributed by atoms with E-state index in [0.29, 0.717) is 13.1 Å². The first kappa shape index (κ1) is 12.8. The molecule has 0 amide bonds. The normalized spacial score (nSPS) is 26.8. The van der Waals surface area contributed by atoms with Crippen LogP contribution in [-0.4, -0.2) is 55.8 Å². The Morgan fingerprint density at radius 2 is 2.27 bits per heavy atom. The lowest BCUT2D eigenvalue weighted by molar-refractivity contribution is 0.0582. The van der Waals surface area contributed by atoms with Crippen LogP contribution in [0.25, 0.3) is 0 Å². The fraction of sp³-hybridized carbons (Fsp3) is 1.00. The van der Waals surface area contributed by atoms with Crippen LogP contribution in [0.1, 0.15) is 13.3 Å². The van der Waals surface area contributed by atoms with Gasteiger partial charge >= 0.3 is 0 Å². The standard InChI is InChI=1S/C10H20F2N2O/c1-10(2-3-13-7-10)8-14(4-5-15)6-9(11)12/h9,13,15H,2-8H2,1H3. The molecule has 3 nitrogen and oxygen atoms in total. The Labute approximate surface area is 89.5 Å². The molecule has 1 saturated heterocycles. The minimum Gasteiger partial charge on any atom is -0.395 e. The van der Waals surface area contributed by atoms with Gasteiger partial charge in [0.2, 0.25) is 0 Å². The van der Waals surface area contributed by atoms with E-state index in [9.17, 15) is 8.78 Å². The molecule has 1 aliphatic heterocycles. The number of halogens is 2. The predicted octanol–water partition coefficient (Wildman–Crippen LogP) is 0.545. The van der Waals surface area contributed by atoms with Gasteiger partial charge in [-0.2, -0.15) is 0 Å². The van der Waals surface area contributed by atoms with Crippen LogP contribution >= 0.6 is 0 Å². The van der Waals surface area contributed by atoms with Crippen LogP contribution in [0.15, 0.2) is 0 Å². The number of aliphatic hydroxyl groups excluding tert-OH is 1. The maximum Gasteiger partial charge on any atom is 0.251 e. The highest BCUT2D eigenvalue weighted by Crippen LogP contribution is 2.25. The SMILES string of the molecule is CC1(CN(CCO)CC(F)F)CCNC1. The predicted molar refractivity (Wildman–Crippen MR) is 55.1 cm³/mol. The molecule has 90 valence electrons. The first-order chi connectivity index (χ1) is 7.06. The Hall–Kier alpha value is -0.260. The van der Waals surface area contributed by atoms with Crippen LogP contribution < -0.4 is 5.32 Å². The molecule has 0 aliphatic carbocycles. The second-order valence-electron chi connectivity index (χ2n) is 4.59. The van der Waals surface area contributed by atoms with Gasteiger partial charge in [-0.15, -0.1) is 0 Å². The molecule has 1 unspecified atom stereocenters. The Kier molecular flexibility index (Phi) is 4.89. The minimum atomic E-state index is -2.32. The summed E-state index contributed by atoms with van der Waals surface area (Å²) in [7, 11) is 0. The maximum absolute atomic E-state index is 12.3. The summed E-state index contributed by atoms with van der Waals surface area (Å²) in [6, 6.07) is 0. The Morgan fingerprint density at radius 1 is 1.53 bits per heavy atom. The van der Waals surface area contributed by atoms with Crippen molar-refractivity contribution in [2.24, 2.45) is 5.41 Å². The summed E-state index contributed by atoms with van der Waals surface area (Å²) in [5, 5.41) is 12.0. The highest BCUT2D eigenvalue weighted by Gasteiger charge is 2.31. The third kappa shape index (κ3) is 4.40. The van der Waals surface area contributed by atoms with Crippen LogP contribution in [0.3, 0.4) is 0 Å². The van der Waals surface area contributed by atoms with Crippen LogP contribution in [0, 0.1) is 5.41 Å². The number of nitrogens with one attached hydrogen (secondary N) is 1. The van der Waals surface area contributed by atoms with E-state index in [-0.39, 0.29) is 18.6 Å². The van der Waals surface area contributed by atoms with Crippen molar-refractivity contribution in [3.05, 3.63) is 0 Å². The molecule has 0 bridgehead atoms. The monoisotopic (exact) mass is 222 g/mol. The first-order valence-electron chi connectivity index (χ1n) is 5.38. The van der Waals surface area contributed by atoms with E-state index in [1.165, 1.54) is 0 Å². The summed E-state index contributed by atoms with van der Waals surface area (Å²) in [5.74, 6) is 0. The number of alkyl halides is 2. The van der Waals surface area contributed by atoms with Gasteiger partial charge in [-0.3, -0.25) is 4.90 Å². The van der Waals surface area contributed by atoms with Gasteiger partial charge in [-0.25, -0.2) is 8.78 Å². The van der Waals surface area contributed by atoms with Gasteiger partial charge in [0, 0.05) is 19.6 Å². The molecular weight excluding hydrogens is 202 g/mol. The van der Waals surface area contributed by atoms with Crippen molar-refractivity contribution in [1.29, 1.82) is 0 Å². The van der Waals surface area contributed by atoms with Gasteiger partial charge in [-0.05, 0) is 18.4 Å². The van der Waals surface area contributed by atoms with Crippen LogP contribution in [0.4, 0.5) is 8.78 Å². The molecule has 1 aliphatic rings. The summed E-state index contributed by atoms with van der Waals surface area (Å²) in [5.41, 5.74) is 0.0735. The largest absolute Gasteiger partial charge is 0.395 e. The third-order valence-electron chi connectivity index (χ3n) is 2.87. The molecule has 0 aromatic carbocycles. The summed E-state index contributed by atoms with van der Waals surface area (Å²) in [6.07, 6.45) is -1.31. The van der Waals surface area contributed by atoms with E-state index >= 15 is 0 Å². The number of hydrogen-bond donors (Lipinski definition) is 2. The van der Waals surface area contributed by atoms with E-state index in [0.717, 1.165) is 19.5 Å². The van der Waals surface area contributed by atoms with Crippen molar-refractivity contribution in [3.63, 3.8) is 0 Å². The van der Waals surface area contributed by atoms with E-state index in [1.54, 1.807) is 4.90 Å². The summed E-state index contributed by atoms with van der Waals surface area (Å²) in [4.78, 5) is 1.65. The van der Waals surface area contributed by atoms with Gasteiger partial charge in [0.05, 0.1) is 13.2 Å².